The fourth-order valence-corrected chi connectivity index (χ4v) is 1.90. The summed E-state index contributed by atoms with van der Waals surface area (Å²) in [6.07, 6.45) is 7.71. The Kier molecular flexibility index (Phi) is 5.50. The second kappa shape index (κ2) is 6.95. The van der Waals surface area contributed by atoms with Crippen LogP contribution in [-0.4, -0.2) is 34.9 Å². The van der Waals surface area contributed by atoms with Crippen molar-refractivity contribution in [3.8, 4) is 0 Å². The summed E-state index contributed by atoms with van der Waals surface area (Å²) in [4.78, 5) is 6.54. The summed E-state index contributed by atoms with van der Waals surface area (Å²) in [6, 6.07) is 4.79. The molecule has 0 saturated carbocycles. The van der Waals surface area contributed by atoms with Crippen molar-refractivity contribution in [3.05, 3.63) is 30.1 Å². The number of nitrogens with zero attached hydrogens (tertiary/aromatic N) is 3. The molecule has 1 atom stereocenters. The molecule has 0 bridgehead atoms. The third-order valence-corrected chi connectivity index (χ3v) is 2.71. The molecule has 1 aromatic rings. The summed E-state index contributed by atoms with van der Waals surface area (Å²) >= 11 is 0. The molecule has 88 valence electrons. The summed E-state index contributed by atoms with van der Waals surface area (Å²) in [5.74, 6) is 0. The van der Waals surface area contributed by atoms with Gasteiger partial charge in [-0.2, -0.15) is 0 Å². The van der Waals surface area contributed by atoms with Gasteiger partial charge in [-0.05, 0) is 45.0 Å². The van der Waals surface area contributed by atoms with E-state index in [0.717, 1.165) is 0 Å². The van der Waals surface area contributed by atoms with E-state index in [1.54, 1.807) is 6.92 Å². The molecule has 1 unspecified atom stereocenters. The van der Waals surface area contributed by atoms with Crippen molar-refractivity contribution in [2.75, 3.05) is 13.6 Å². The highest BCUT2D eigenvalue weighted by Gasteiger charge is 2.21. The first-order chi connectivity index (χ1) is 7.79. The van der Waals surface area contributed by atoms with Gasteiger partial charge in [-0.1, -0.05) is 6.07 Å². The highest BCUT2D eigenvalue weighted by molar-refractivity contribution is 5.51. The largest absolute Gasteiger partial charge is 0.411 e. The summed E-state index contributed by atoms with van der Waals surface area (Å²) in [5, 5.41) is 10.1. The Labute approximate surface area is 96.6 Å². The molecule has 0 spiro atoms. The summed E-state index contributed by atoms with van der Waals surface area (Å²) < 4.78 is 0. The summed E-state index contributed by atoms with van der Waals surface area (Å²) in [5.41, 5.74) is 1.36. The van der Waals surface area contributed by atoms with E-state index in [2.05, 4.69) is 28.2 Å². The molecule has 1 N–H and O–H groups in total. The van der Waals surface area contributed by atoms with Gasteiger partial charge in [0.2, 0.25) is 0 Å². The Morgan fingerprint density at radius 2 is 2.38 bits per heavy atom. The summed E-state index contributed by atoms with van der Waals surface area (Å²) in [7, 11) is 2.19. The van der Waals surface area contributed by atoms with Crippen LogP contribution in [0.3, 0.4) is 0 Å². The van der Waals surface area contributed by atoms with E-state index in [4.69, 9.17) is 5.21 Å². The minimum absolute atomic E-state index is 0.610. The van der Waals surface area contributed by atoms with Crippen molar-refractivity contribution in [2.45, 2.75) is 25.8 Å². The smallest absolute Gasteiger partial charge is 0.0404 e. The predicted molar refractivity (Wildman–Crippen MR) is 64.8 cm³/mol. The normalized spacial score (nSPS) is 20.8. The van der Waals surface area contributed by atoms with Gasteiger partial charge in [0.15, 0.2) is 0 Å². The Hall–Kier alpha value is -1.42. The quantitative estimate of drug-likeness (QED) is 0.450. The summed E-state index contributed by atoms with van der Waals surface area (Å²) in [6.45, 7) is 2.86. The Bertz CT molecular complexity index is 309. The van der Waals surface area contributed by atoms with Gasteiger partial charge in [0, 0.05) is 24.7 Å². The first-order valence-corrected chi connectivity index (χ1v) is 5.51. The lowest BCUT2D eigenvalue weighted by molar-refractivity contribution is 0.317. The van der Waals surface area contributed by atoms with Gasteiger partial charge >= 0.3 is 0 Å². The molecule has 0 aromatic carbocycles. The van der Waals surface area contributed by atoms with Crippen LogP contribution in [0.15, 0.2) is 29.7 Å². The molecule has 1 aliphatic heterocycles. The maximum absolute atomic E-state index is 7.44. The fraction of sp³-hybridized carbons (Fsp3) is 0.500. The van der Waals surface area contributed by atoms with Crippen LogP contribution < -0.4 is 0 Å². The van der Waals surface area contributed by atoms with Crippen LogP contribution in [0.25, 0.3) is 0 Å². The fourth-order valence-electron chi connectivity index (χ4n) is 1.90. The molecule has 4 heteroatoms. The van der Waals surface area contributed by atoms with Gasteiger partial charge in [-0.3, -0.25) is 9.88 Å². The van der Waals surface area contributed by atoms with Crippen molar-refractivity contribution >= 4 is 6.21 Å². The molecule has 1 fully saturated rings. The Morgan fingerprint density at radius 1 is 1.62 bits per heavy atom. The minimum Gasteiger partial charge on any atom is -0.411 e. The highest BCUT2D eigenvalue weighted by atomic mass is 16.4. The number of hydrogen-bond donors (Lipinski definition) is 1. The lowest BCUT2D eigenvalue weighted by atomic mass is 10.1. The van der Waals surface area contributed by atoms with E-state index < -0.39 is 0 Å². The predicted octanol–water partition coefficient (Wildman–Crippen LogP) is 2.31. The van der Waals surface area contributed by atoms with E-state index in [1.807, 2.05) is 18.5 Å². The molecule has 0 aliphatic carbocycles. The Morgan fingerprint density at radius 3 is 2.81 bits per heavy atom. The highest BCUT2D eigenvalue weighted by Crippen LogP contribution is 2.29. The molecule has 1 saturated heterocycles. The molecule has 0 radical (unpaired) electrons. The first-order valence-electron chi connectivity index (χ1n) is 5.51. The molecule has 1 aliphatic rings. The standard InChI is InChI=1S/C10H14N2.C2H5NO/c1-12-7-3-5-10(12)9-4-2-6-11-8-9;1-2-3-4/h2,4,6,8,10H,3,5,7H2,1H3;2,4H,1H3. The van der Waals surface area contributed by atoms with Crippen LogP contribution in [0.5, 0.6) is 0 Å². The van der Waals surface area contributed by atoms with E-state index in [0.29, 0.717) is 6.04 Å². The average molecular weight is 221 g/mol. The SMILES string of the molecule is CC=NO.CN1CCCC1c1cccnc1. The Balaban J connectivity index is 0.000000280. The van der Waals surface area contributed by atoms with Gasteiger partial charge in [-0.15, -0.1) is 5.16 Å². The van der Waals surface area contributed by atoms with Crippen LogP contribution in [0.2, 0.25) is 0 Å². The molecule has 1 aromatic heterocycles. The van der Waals surface area contributed by atoms with Crippen molar-refractivity contribution < 1.29 is 5.21 Å². The van der Waals surface area contributed by atoms with E-state index >= 15 is 0 Å². The van der Waals surface area contributed by atoms with E-state index in [9.17, 15) is 0 Å². The van der Waals surface area contributed by atoms with Crippen molar-refractivity contribution in [1.29, 1.82) is 0 Å². The van der Waals surface area contributed by atoms with E-state index in [-0.39, 0.29) is 0 Å². The van der Waals surface area contributed by atoms with Gasteiger partial charge in [0.25, 0.3) is 0 Å². The lowest BCUT2D eigenvalue weighted by Gasteiger charge is -2.18. The monoisotopic (exact) mass is 221 g/mol. The molecule has 2 heterocycles. The van der Waals surface area contributed by atoms with Gasteiger partial charge in [0.05, 0.1) is 0 Å². The number of aromatic nitrogens is 1. The second-order valence-electron chi connectivity index (χ2n) is 3.80. The third kappa shape index (κ3) is 3.62. The van der Waals surface area contributed by atoms with Crippen molar-refractivity contribution in [3.63, 3.8) is 0 Å². The maximum Gasteiger partial charge on any atom is 0.0404 e. The van der Waals surface area contributed by atoms with Gasteiger partial charge in [-0.25, -0.2) is 0 Å². The van der Waals surface area contributed by atoms with Crippen LogP contribution in [0.4, 0.5) is 0 Å². The topological polar surface area (TPSA) is 48.7 Å². The zero-order valence-electron chi connectivity index (χ0n) is 9.87. The van der Waals surface area contributed by atoms with Crippen LogP contribution in [0.1, 0.15) is 31.4 Å². The third-order valence-electron chi connectivity index (χ3n) is 2.71. The number of oxime groups is 1. The number of hydrogen-bond acceptors (Lipinski definition) is 4. The second-order valence-corrected chi connectivity index (χ2v) is 3.80. The van der Waals surface area contributed by atoms with Crippen LogP contribution in [-0.2, 0) is 0 Å². The molecule has 2 rings (SSSR count). The van der Waals surface area contributed by atoms with Crippen molar-refractivity contribution in [1.82, 2.24) is 9.88 Å². The number of rotatable bonds is 1. The first kappa shape index (κ1) is 12.6. The molecule has 4 nitrogen and oxygen atoms in total. The molecular formula is C12H19N3O. The van der Waals surface area contributed by atoms with Crippen molar-refractivity contribution in [2.24, 2.45) is 5.16 Å². The average Bonchev–Trinajstić information content (AvgIpc) is 2.77. The van der Waals surface area contributed by atoms with Gasteiger partial charge < -0.3 is 5.21 Å². The maximum atomic E-state index is 7.44. The number of pyridine rings is 1. The van der Waals surface area contributed by atoms with Crippen LogP contribution in [0, 0.1) is 0 Å². The van der Waals surface area contributed by atoms with Crippen LogP contribution >= 0.6 is 0 Å². The van der Waals surface area contributed by atoms with Gasteiger partial charge in [0.1, 0.15) is 0 Å². The molecular weight excluding hydrogens is 202 g/mol. The number of likely N-dealkylation sites (tertiary alicyclic amines) is 1. The zero-order valence-corrected chi connectivity index (χ0v) is 9.87. The lowest BCUT2D eigenvalue weighted by Crippen LogP contribution is -2.17. The molecule has 0 amide bonds. The molecule has 16 heavy (non-hydrogen) atoms. The minimum atomic E-state index is 0.610. The van der Waals surface area contributed by atoms with E-state index in [1.165, 1.54) is 31.2 Å². The zero-order chi connectivity index (χ0) is 11.8.